The Kier molecular flexibility index (Phi) is 5.45. The number of hydrogen-bond acceptors (Lipinski definition) is 3. The van der Waals surface area contributed by atoms with Crippen molar-refractivity contribution in [2.75, 3.05) is 17.6 Å². The van der Waals surface area contributed by atoms with E-state index in [1.54, 1.807) is 6.20 Å². The number of rotatable bonds is 7. The van der Waals surface area contributed by atoms with Crippen LogP contribution in [0.1, 0.15) is 52.0 Å². The number of pyridine rings is 1. The van der Waals surface area contributed by atoms with Crippen molar-refractivity contribution in [3.8, 4) is 0 Å². The van der Waals surface area contributed by atoms with E-state index in [2.05, 4.69) is 31.1 Å². The topological polar surface area (TPSA) is 50.9 Å². The summed E-state index contributed by atoms with van der Waals surface area (Å²) in [7, 11) is 0. The zero-order chi connectivity index (χ0) is 13.6. The Balaban J connectivity index is 2.45. The SMILES string of the molecule is CCCCCC(C)(C)CNc1cc(C)c(N)cn1. The lowest BCUT2D eigenvalue weighted by molar-refractivity contribution is 0.342. The van der Waals surface area contributed by atoms with E-state index in [0.717, 1.165) is 23.6 Å². The first kappa shape index (κ1) is 14.8. The van der Waals surface area contributed by atoms with Gasteiger partial charge in [0.25, 0.3) is 0 Å². The van der Waals surface area contributed by atoms with Crippen LogP contribution in [0.4, 0.5) is 11.5 Å². The van der Waals surface area contributed by atoms with Gasteiger partial charge in [-0.3, -0.25) is 0 Å². The maximum Gasteiger partial charge on any atom is 0.126 e. The van der Waals surface area contributed by atoms with Crippen molar-refractivity contribution in [3.05, 3.63) is 17.8 Å². The molecule has 0 saturated carbocycles. The normalized spacial score (nSPS) is 11.6. The first-order valence-corrected chi connectivity index (χ1v) is 6.90. The highest BCUT2D eigenvalue weighted by Crippen LogP contribution is 2.24. The average Bonchev–Trinajstić information content (AvgIpc) is 2.31. The van der Waals surface area contributed by atoms with E-state index in [9.17, 15) is 0 Å². The third-order valence-electron chi connectivity index (χ3n) is 3.36. The summed E-state index contributed by atoms with van der Waals surface area (Å²) in [5.41, 5.74) is 7.91. The molecular weight excluding hydrogens is 222 g/mol. The molecule has 0 saturated heterocycles. The molecular formula is C15H27N3. The predicted octanol–water partition coefficient (Wildman–Crippen LogP) is 3.99. The van der Waals surface area contributed by atoms with Gasteiger partial charge in [-0.15, -0.1) is 0 Å². The Labute approximate surface area is 111 Å². The monoisotopic (exact) mass is 249 g/mol. The second kappa shape index (κ2) is 6.62. The molecule has 0 fully saturated rings. The fraction of sp³-hybridized carbons (Fsp3) is 0.667. The van der Waals surface area contributed by atoms with E-state index in [0.29, 0.717) is 5.41 Å². The maximum atomic E-state index is 5.76. The van der Waals surface area contributed by atoms with Crippen molar-refractivity contribution in [1.29, 1.82) is 0 Å². The number of nitrogen functional groups attached to an aromatic ring is 1. The molecule has 0 atom stereocenters. The van der Waals surface area contributed by atoms with Crippen LogP contribution in [-0.4, -0.2) is 11.5 Å². The minimum Gasteiger partial charge on any atom is -0.397 e. The highest BCUT2D eigenvalue weighted by atomic mass is 15.0. The molecule has 0 aromatic carbocycles. The number of nitrogens with zero attached hydrogens (tertiary/aromatic N) is 1. The highest BCUT2D eigenvalue weighted by Gasteiger charge is 2.17. The molecule has 1 rings (SSSR count). The predicted molar refractivity (Wildman–Crippen MR) is 79.8 cm³/mol. The fourth-order valence-electron chi connectivity index (χ4n) is 1.94. The quantitative estimate of drug-likeness (QED) is 0.718. The zero-order valence-corrected chi connectivity index (χ0v) is 12.2. The van der Waals surface area contributed by atoms with Crippen molar-refractivity contribution < 1.29 is 0 Å². The Bertz CT molecular complexity index is 372. The number of unbranched alkanes of at least 4 members (excludes halogenated alkanes) is 2. The molecule has 0 aliphatic carbocycles. The van der Waals surface area contributed by atoms with Crippen LogP contribution in [0, 0.1) is 12.3 Å². The molecule has 0 unspecified atom stereocenters. The van der Waals surface area contributed by atoms with Gasteiger partial charge in [0.1, 0.15) is 5.82 Å². The Hall–Kier alpha value is -1.25. The molecule has 0 aliphatic heterocycles. The molecule has 0 amide bonds. The minimum absolute atomic E-state index is 0.312. The molecule has 3 N–H and O–H groups in total. The molecule has 102 valence electrons. The molecule has 1 heterocycles. The van der Waals surface area contributed by atoms with Crippen LogP contribution in [0.3, 0.4) is 0 Å². The Morgan fingerprint density at radius 2 is 2.06 bits per heavy atom. The van der Waals surface area contributed by atoms with Crippen molar-refractivity contribution in [1.82, 2.24) is 4.98 Å². The number of nitrogens with one attached hydrogen (secondary N) is 1. The standard InChI is InChI=1S/C15H27N3/c1-5-6-7-8-15(3,4)11-18-14-9-12(2)13(16)10-17-14/h9-10H,5-8,11,16H2,1-4H3,(H,17,18). The van der Waals surface area contributed by atoms with Gasteiger partial charge in [0.15, 0.2) is 0 Å². The fourth-order valence-corrected chi connectivity index (χ4v) is 1.94. The van der Waals surface area contributed by atoms with Gasteiger partial charge in [-0.2, -0.15) is 0 Å². The van der Waals surface area contributed by atoms with Crippen LogP contribution in [0.2, 0.25) is 0 Å². The molecule has 0 radical (unpaired) electrons. The molecule has 0 spiro atoms. The lowest BCUT2D eigenvalue weighted by atomic mass is 9.87. The van der Waals surface area contributed by atoms with Gasteiger partial charge >= 0.3 is 0 Å². The van der Waals surface area contributed by atoms with E-state index in [-0.39, 0.29) is 0 Å². The lowest BCUT2D eigenvalue weighted by Crippen LogP contribution is -2.23. The van der Waals surface area contributed by atoms with Crippen LogP contribution < -0.4 is 11.1 Å². The van der Waals surface area contributed by atoms with Gasteiger partial charge in [-0.05, 0) is 30.4 Å². The summed E-state index contributed by atoms with van der Waals surface area (Å²) in [6.07, 6.45) is 6.88. The lowest BCUT2D eigenvalue weighted by Gasteiger charge is -2.25. The van der Waals surface area contributed by atoms with Crippen LogP contribution in [0.5, 0.6) is 0 Å². The smallest absolute Gasteiger partial charge is 0.126 e. The van der Waals surface area contributed by atoms with E-state index < -0.39 is 0 Å². The number of anilines is 2. The zero-order valence-electron chi connectivity index (χ0n) is 12.2. The van der Waals surface area contributed by atoms with Crippen molar-refractivity contribution in [2.24, 2.45) is 5.41 Å². The maximum absolute atomic E-state index is 5.76. The largest absolute Gasteiger partial charge is 0.397 e. The van der Waals surface area contributed by atoms with E-state index in [4.69, 9.17) is 5.73 Å². The minimum atomic E-state index is 0.312. The van der Waals surface area contributed by atoms with Crippen LogP contribution in [0.25, 0.3) is 0 Å². The van der Waals surface area contributed by atoms with E-state index in [1.807, 2.05) is 13.0 Å². The second-order valence-corrected chi connectivity index (χ2v) is 5.90. The van der Waals surface area contributed by atoms with Gasteiger partial charge < -0.3 is 11.1 Å². The Morgan fingerprint density at radius 3 is 2.67 bits per heavy atom. The summed E-state index contributed by atoms with van der Waals surface area (Å²) < 4.78 is 0. The van der Waals surface area contributed by atoms with Gasteiger partial charge in [0.2, 0.25) is 0 Å². The number of hydrogen-bond donors (Lipinski definition) is 2. The number of aromatic nitrogens is 1. The Morgan fingerprint density at radius 1 is 1.33 bits per heavy atom. The molecule has 0 aliphatic rings. The summed E-state index contributed by atoms with van der Waals surface area (Å²) >= 11 is 0. The van der Waals surface area contributed by atoms with Crippen LogP contribution >= 0.6 is 0 Å². The van der Waals surface area contributed by atoms with Gasteiger partial charge in [-0.1, -0.05) is 40.0 Å². The third-order valence-corrected chi connectivity index (χ3v) is 3.36. The van der Waals surface area contributed by atoms with Gasteiger partial charge in [-0.25, -0.2) is 4.98 Å². The molecule has 3 nitrogen and oxygen atoms in total. The van der Waals surface area contributed by atoms with Crippen molar-refractivity contribution in [2.45, 2.75) is 53.4 Å². The molecule has 0 bridgehead atoms. The van der Waals surface area contributed by atoms with Crippen LogP contribution in [0.15, 0.2) is 12.3 Å². The van der Waals surface area contributed by atoms with Crippen molar-refractivity contribution >= 4 is 11.5 Å². The van der Waals surface area contributed by atoms with Gasteiger partial charge in [0.05, 0.1) is 11.9 Å². The molecule has 3 heteroatoms. The first-order chi connectivity index (χ1) is 8.44. The van der Waals surface area contributed by atoms with Crippen molar-refractivity contribution in [3.63, 3.8) is 0 Å². The third kappa shape index (κ3) is 4.94. The highest BCUT2D eigenvalue weighted by molar-refractivity contribution is 5.50. The second-order valence-electron chi connectivity index (χ2n) is 5.90. The van der Waals surface area contributed by atoms with E-state index in [1.165, 1.54) is 25.7 Å². The van der Waals surface area contributed by atoms with Crippen LogP contribution in [-0.2, 0) is 0 Å². The number of nitrogens with two attached hydrogens (primary N) is 1. The first-order valence-electron chi connectivity index (χ1n) is 6.90. The number of aryl methyl sites for hydroxylation is 1. The summed E-state index contributed by atoms with van der Waals surface area (Å²) in [5, 5.41) is 3.41. The van der Waals surface area contributed by atoms with Gasteiger partial charge in [0, 0.05) is 6.54 Å². The summed E-state index contributed by atoms with van der Waals surface area (Å²) in [6, 6.07) is 2.01. The summed E-state index contributed by atoms with van der Waals surface area (Å²) in [6.45, 7) is 9.81. The molecule has 18 heavy (non-hydrogen) atoms. The molecule has 1 aromatic rings. The summed E-state index contributed by atoms with van der Waals surface area (Å²) in [4.78, 5) is 4.30. The molecule has 1 aromatic heterocycles. The average molecular weight is 249 g/mol. The summed E-state index contributed by atoms with van der Waals surface area (Å²) in [5.74, 6) is 0.922. The van der Waals surface area contributed by atoms with E-state index >= 15 is 0 Å².